The van der Waals surface area contributed by atoms with Crippen LogP contribution in [0.1, 0.15) is 27.2 Å². The van der Waals surface area contributed by atoms with Gasteiger partial charge in [0, 0.05) is 10.8 Å². The minimum atomic E-state index is -0.322. The number of hydrogen-bond donors (Lipinski definition) is 0. The van der Waals surface area contributed by atoms with Crippen LogP contribution >= 0.6 is 11.6 Å². The molecule has 1 aromatic carbocycles. The lowest BCUT2D eigenvalue weighted by molar-refractivity contribution is 0.238. The number of ether oxygens (including phenoxy) is 1. The summed E-state index contributed by atoms with van der Waals surface area (Å²) in [6, 6.07) is 4.43. The van der Waals surface area contributed by atoms with Crippen LogP contribution in [0.5, 0.6) is 5.88 Å². The number of pyridine rings is 1. The van der Waals surface area contributed by atoms with E-state index in [2.05, 4.69) is 25.8 Å². The van der Waals surface area contributed by atoms with Gasteiger partial charge in [-0.05, 0) is 30.0 Å². The van der Waals surface area contributed by atoms with E-state index in [0.717, 1.165) is 11.8 Å². The van der Waals surface area contributed by atoms with Crippen LogP contribution in [0.4, 0.5) is 4.39 Å². The second-order valence-corrected chi connectivity index (χ2v) is 6.17. The van der Waals surface area contributed by atoms with Crippen molar-refractivity contribution in [3.63, 3.8) is 0 Å². The van der Waals surface area contributed by atoms with Crippen LogP contribution in [0.15, 0.2) is 24.4 Å². The van der Waals surface area contributed by atoms with Gasteiger partial charge in [-0.3, -0.25) is 0 Å². The van der Waals surface area contributed by atoms with E-state index in [9.17, 15) is 4.39 Å². The Morgan fingerprint density at radius 3 is 2.68 bits per heavy atom. The molecule has 0 unspecified atom stereocenters. The van der Waals surface area contributed by atoms with Crippen LogP contribution in [0.2, 0.25) is 5.02 Å². The molecule has 0 aliphatic heterocycles. The molecule has 2 aromatic rings. The standard InChI is InChI=1S/C15H17ClFNO/c1-15(2,3)6-7-19-14-12-8-10(17)4-5-11(12)13(16)9-18-14/h4-5,8-9H,6-7H2,1-3H3. The zero-order chi connectivity index (χ0) is 14.0. The van der Waals surface area contributed by atoms with Crippen molar-refractivity contribution in [3.05, 3.63) is 35.2 Å². The van der Waals surface area contributed by atoms with Gasteiger partial charge >= 0.3 is 0 Å². The summed E-state index contributed by atoms with van der Waals surface area (Å²) >= 11 is 6.05. The molecule has 0 aliphatic carbocycles. The minimum Gasteiger partial charge on any atom is -0.477 e. The van der Waals surface area contributed by atoms with Gasteiger partial charge in [-0.15, -0.1) is 0 Å². The van der Waals surface area contributed by atoms with Gasteiger partial charge in [-0.2, -0.15) is 0 Å². The van der Waals surface area contributed by atoms with Gasteiger partial charge < -0.3 is 4.74 Å². The zero-order valence-electron chi connectivity index (χ0n) is 11.3. The highest BCUT2D eigenvalue weighted by Gasteiger charge is 2.12. The first-order valence-corrected chi connectivity index (χ1v) is 6.61. The normalized spacial score (nSPS) is 11.8. The largest absolute Gasteiger partial charge is 0.477 e. The Hall–Kier alpha value is -1.35. The SMILES string of the molecule is CC(C)(C)CCOc1ncc(Cl)c2ccc(F)cc12. The lowest BCUT2D eigenvalue weighted by Gasteiger charge is -2.18. The Bertz CT molecular complexity index is 592. The molecular weight excluding hydrogens is 265 g/mol. The van der Waals surface area contributed by atoms with Crippen LogP contribution in [0.25, 0.3) is 10.8 Å². The van der Waals surface area contributed by atoms with Gasteiger partial charge in [0.05, 0.1) is 17.8 Å². The maximum Gasteiger partial charge on any atom is 0.221 e. The van der Waals surface area contributed by atoms with Crippen molar-refractivity contribution in [1.82, 2.24) is 4.98 Å². The minimum absolute atomic E-state index is 0.188. The van der Waals surface area contributed by atoms with Crippen LogP contribution in [0.3, 0.4) is 0 Å². The molecular formula is C15H17ClFNO. The van der Waals surface area contributed by atoms with Gasteiger partial charge in [-0.25, -0.2) is 9.37 Å². The molecule has 0 saturated heterocycles. The lowest BCUT2D eigenvalue weighted by atomic mass is 9.93. The number of hydrogen-bond acceptors (Lipinski definition) is 2. The summed E-state index contributed by atoms with van der Waals surface area (Å²) in [7, 11) is 0. The first-order chi connectivity index (χ1) is 8.87. The molecule has 0 radical (unpaired) electrons. The fourth-order valence-corrected chi connectivity index (χ4v) is 1.94. The molecule has 2 rings (SSSR count). The Morgan fingerprint density at radius 2 is 2.00 bits per heavy atom. The van der Waals surface area contributed by atoms with Crippen molar-refractivity contribution in [2.75, 3.05) is 6.61 Å². The third kappa shape index (κ3) is 3.57. The second kappa shape index (κ2) is 5.33. The molecule has 0 amide bonds. The summed E-state index contributed by atoms with van der Waals surface area (Å²) in [5.41, 5.74) is 0.188. The van der Waals surface area contributed by atoms with Crippen molar-refractivity contribution in [3.8, 4) is 5.88 Å². The quantitative estimate of drug-likeness (QED) is 0.803. The molecule has 0 N–H and O–H groups in total. The third-order valence-corrected chi connectivity index (χ3v) is 3.16. The zero-order valence-corrected chi connectivity index (χ0v) is 12.1. The number of fused-ring (bicyclic) bond motifs is 1. The van der Waals surface area contributed by atoms with E-state index in [4.69, 9.17) is 16.3 Å². The predicted molar refractivity (Wildman–Crippen MR) is 76.3 cm³/mol. The van der Waals surface area contributed by atoms with E-state index in [1.165, 1.54) is 18.3 Å². The Kier molecular flexibility index (Phi) is 3.95. The monoisotopic (exact) mass is 281 g/mol. The van der Waals surface area contributed by atoms with Crippen molar-refractivity contribution in [2.45, 2.75) is 27.2 Å². The predicted octanol–water partition coefficient (Wildman–Crippen LogP) is 4.84. The van der Waals surface area contributed by atoms with Crippen LogP contribution < -0.4 is 4.74 Å². The number of nitrogens with zero attached hydrogens (tertiary/aromatic N) is 1. The van der Waals surface area contributed by atoms with Gasteiger partial charge in [0.15, 0.2) is 0 Å². The summed E-state index contributed by atoms with van der Waals surface area (Å²) < 4.78 is 19.0. The maximum absolute atomic E-state index is 13.3. The third-order valence-electron chi connectivity index (χ3n) is 2.86. The van der Waals surface area contributed by atoms with E-state index in [0.29, 0.717) is 22.9 Å². The number of rotatable bonds is 3. The van der Waals surface area contributed by atoms with Crippen LogP contribution in [-0.4, -0.2) is 11.6 Å². The molecule has 19 heavy (non-hydrogen) atoms. The number of aromatic nitrogens is 1. The van der Waals surface area contributed by atoms with E-state index in [1.807, 2.05) is 0 Å². The highest BCUT2D eigenvalue weighted by atomic mass is 35.5. The number of benzene rings is 1. The molecule has 1 heterocycles. The Labute approximate surface area is 117 Å². The average molecular weight is 282 g/mol. The van der Waals surface area contributed by atoms with Crippen molar-refractivity contribution < 1.29 is 9.13 Å². The molecule has 4 heteroatoms. The Morgan fingerprint density at radius 1 is 1.26 bits per heavy atom. The van der Waals surface area contributed by atoms with Gasteiger partial charge in [0.2, 0.25) is 5.88 Å². The Balaban J connectivity index is 2.28. The molecule has 0 fully saturated rings. The van der Waals surface area contributed by atoms with Crippen molar-refractivity contribution in [1.29, 1.82) is 0 Å². The van der Waals surface area contributed by atoms with Gasteiger partial charge in [0.25, 0.3) is 0 Å². The summed E-state index contributed by atoms with van der Waals surface area (Å²) in [6.07, 6.45) is 2.43. The smallest absolute Gasteiger partial charge is 0.221 e. The van der Waals surface area contributed by atoms with E-state index >= 15 is 0 Å². The molecule has 1 aromatic heterocycles. The molecule has 0 atom stereocenters. The average Bonchev–Trinajstić information content (AvgIpc) is 2.30. The number of halogens is 2. The fraction of sp³-hybridized carbons (Fsp3) is 0.400. The van der Waals surface area contributed by atoms with Gasteiger partial charge in [0.1, 0.15) is 5.82 Å². The van der Waals surface area contributed by atoms with Crippen molar-refractivity contribution >= 4 is 22.4 Å². The summed E-state index contributed by atoms with van der Waals surface area (Å²) in [5.74, 6) is 0.111. The summed E-state index contributed by atoms with van der Waals surface area (Å²) in [4.78, 5) is 4.15. The molecule has 0 spiro atoms. The lowest BCUT2D eigenvalue weighted by Crippen LogP contribution is -2.11. The second-order valence-electron chi connectivity index (χ2n) is 5.76. The highest BCUT2D eigenvalue weighted by molar-refractivity contribution is 6.35. The molecule has 0 aliphatic rings. The summed E-state index contributed by atoms with van der Waals surface area (Å²) in [6.45, 7) is 6.97. The van der Waals surface area contributed by atoms with E-state index in [-0.39, 0.29) is 11.2 Å². The van der Waals surface area contributed by atoms with Crippen molar-refractivity contribution in [2.24, 2.45) is 5.41 Å². The maximum atomic E-state index is 13.3. The molecule has 102 valence electrons. The molecule has 0 saturated carbocycles. The van der Waals surface area contributed by atoms with Crippen LogP contribution in [0, 0.1) is 11.2 Å². The molecule has 2 nitrogen and oxygen atoms in total. The molecule has 0 bridgehead atoms. The topological polar surface area (TPSA) is 22.1 Å². The van der Waals surface area contributed by atoms with E-state index in [1.54, 1.807) is 6.07 Å². The van der Waals surface area contributed by atoms with Crippen LogP contribution in [-0.2, 0) is 0 Å². The highest BCUT2D eigenvalue weighted by Crippen LogP contribution is 2.30. The van der Waals surface area contributed by atoms with Gasteiger partial charge in [-0.1, -0.05) is 32.4 Å². The first-order valence-electron chi connectivity index (χ1n) is 6.23. The fourth-order valence-electron chi connectivity index (χ4n) is 1.72. The van der Waals surface area contributed by atoms with E-state index < -0.39 is 0 Å². The summed E-state index contributed by atoms with van der Waals surface area (Å²) in [5, 5.41) is 1.86. The first kappa shape index (κ1) is 14.1.